The quantitative estimate of drug-likeness (QED) is 0.924. The van der Waals surface area contributed by atoms with Crippen LogP contribution in [0.2, 0.25) is 5.02 Å². The average molecular weight is 282 g/mol. The van der Waals surface area contributed by atoms with Crippen molar-refractivity contribution >= 4 is 28.3 Å². The molecule has 0 saturated carbocycles. The number of rotatable bonds is 3. The molecular formula is C13H16ClN3S. The Morgan fingerprint density at radius 2 is 2.11 bits per heavy atom. The van der Waals surface area contributed by atoms with E-state index in [4.69, 9.17) is 11.6 Å². The van der Waals surface area contributed by atoms with Crippen LogP contribution in [0.15, 0.2) is 24.3 Å². The maximum absolute atomic E-state index is 5.95. The fourth-order valence-corrected chi connectivity index (χ4v) is 2.53. The van der Waals surface area contributed by atoms with Gasteiger partial charge in [0.25, 0.3) is 0 Å². The maximum atomic E-state index is 5.95. The van der Waals surface area contributed by atoms with Gasteiger partial charge in [0.1, 0.15) is 5.82 Å². The zero-order valence-corrected chi connectivity index (χ0v) is 12.3. The van der Waals surface area contributed by atoms with Crippen LogP contribution in [0.1, 0.15) is 32.2 Å². The summed E-state index contributed by atoms with van der Waals surface area (Å²) in [6.07, 6.45) is 0.711. The molecule has 0 unspecified atom stereocenters. The summed E-state index contributed by atoms with van der Waals surface area (Å²) in [5.41, 5.74) is 1.13. The molecule has 2 rings (SSSR count). The Balaban J connectivity index is 2.07. The molecule has 96 valence electrons. The van der Waals surface area contributed by atoms with E-state index < -0.39 is 0 Å². The molecule has 3 nitrogen and oxygen atoms in total. The van der Waals surface area contributed by atoms with Crippen molar-refractivity contribution in [3.63, 3.8) is 0 Å². The Morgan fingerprint density at radius 1 is 1.33 bits per heavy atom. The van der Waals surface area contributed by atoms with Gasteiger partial charge in [-0.2, -0.15) is 4.37 Å². The summed E-state index contributed by atoms with van der Waals surface area (Å²) in [5, 5.41) is 4.92. The van der Waals surface area contributed by atoms with Crippen molar-refractivity contribution in [2.75, 3.05) is 5.32 Å². The van der Waals surface area contributed by atoms with Crippen LogP contribution < -0.4 is 5.32 Å². The summed E-state index contributed by atoms with van der Waals surface area (Å²) in [4.78, 5) is 4.47. The number of hydrogen-bond acceptors (Lipinski definition) is 4. The van der Waals surface area contributed by atoms with Crippen molar-refractivity contribution in [2.24, 2.45) is 0 Å². The summed E-state index contributed by atoms with van der Waals surface area (Å²) in [5.74, 6) is 0.828. The van der Waals surface area contributed by atoms with Crippen molar-refractivity contribution in [2.45, 2.75) is 32.7 Å². The molecule has 18 heavy (non-hydrogen) atoms. The number of hydrogen-bond donors (Lipinski definition) is 1. The normalized spacial score (nSPS) is 11.6. The number of benzene rings is 1. The molecule has 1 aromatic heterocycles. The topological polar surface area (TPSA) is 37.8 Å². The molecule has 2 aromatic rings. The Labute approximate surface area is 116 Å². The van der Waals surface area contributed by atoms with Crippen LogP contribution in [0.5, 0.6) is 0 Å². The minimum Gasteiger partial charge on any atom is -0.356 e. The van der Waals surface area contributed by atoms with Crippen LogP contribution in [0.25, 0.3) is 0 Å². The molecule has 1 N–H and O–H groups in total. The first-order valence-corrected chi connectivity index (χ1v) is 6.93. The average Bonchev–Trinajstić information content (AvgIpc) is 2.62. The van der Waals surface area contributed by atoms with Gasteiger partial charge in [-0.25, -0.2) is 4.98 Å². The number of nitrogens with zero attached hydrogens (tertiary/aromatic N) is 2. The lowest BCUT2D eigenvalue weighted by Crippen LogP contribution is -2.25. The fourth-order valence-electron chi connectivity index (χ4n) is 1.53. The van der Waals surface area contributed by atoms with Crippen molar-refractivity contribution in [3.8, 4) is 0 Å². The lowest BCUT2D eigenvalue weighted by Gasteiger charge is -2.18. The maximum Gasteiger partial charge on any atom is 0.202 e. The summed E-state index contributed by atoms with van der Waals surface area (Å²) >= 11 is 7.35. The second kappa shape index (κ2) is 5.24. The van der Waals surface area contributed by atoms with Gasteiger partial charge in [0, 0.05) is 28.5 Å². The molecule has 0 aliphatic carbocycles. The first-order valence-electron chi connectivity index (χ1n) is 5.77. The highest BCUT2D eigenvalue weighted by atomic mass is 35.5. The van der Waals surface area contributed by atoms with E-state index in [2.05, 4.69) is 35.4 Å². The number of aromatic nitrogens is 2. The van der Waals surface area contributed by atoms with Crippen LogP contribution in [-0.2, 0) is 6.42 Å². The highest BCUT2D eigenvalue weighted by Crippen LogP contribution is 2.19. The predicted molar refractivity (Wildman–Crippen MR) is 77.5 cm³/mol. The Morgan fingerprint density at radius 3 is 2.78 bits per heavy atom. The molecular weight excluding hydrogens is 266 g/mol. The number of nitrogens with one attached hydrogen (secondary N) is 1. The summed E-state index contributed by atoms with van der Waals surface area (Å²) in [6, 6.07) is 7.79. The van der Waals surface area contributed by atoms with E-state index in [0.717, 1.165) is 21.5 Å². The molecule has 0 amide bonds. The van der Waals surface area contributed by atoms with Crippen molar-refractivity contribution in [1.29, 1.82) is 0 Å². The highest BCUT2D eigenvalue weighted by Gasteiger charge is 2.13. The van der Waals surface area contributed by atoms with Crippen molar-refractivity contribution in [1.82, 2.24) is 9.36 Å². The summed E-state index contributed by atoms with van der Waals surface area (Å²) in [7, 11) is 0. The largest absolute Gasteiger partial charge is 0.356 e. The van der Waals surface area contributed by atoms with Crippen LogP contribution in [-0.4, -0.2) is 14.9 Å². The van der Waals surface area contributed by atoms with Crippen LogP contribution in [0, 0.1) is 0 Å². The van der Waals surface area contributed by atoms with E-state index in [1.165, 1.54) is 11.5 Å². The molecule has 0 fully saturated rings. The number of halogens is 1. The van der Waals surface area contributed by atoms with Gasteiger partial charge in [0.05, 0.1) is 0 Å². The van der Waals surface area contributed by atoms with Gasteiger partial charge < -0.3 is 5.32 Å². The molecule has 0 spiro atoms. The lowest BCUT2D eigenvalue weighted by atomic mass is 10.1. The molecule has 5 heteroatoms. The van der Waals surface area contributed by atoms with E-state index >= 15 is 0 Å². The van der Waals surface area contributed by atoms with Gasteiger partial charge in [-0.1, -0.05) is 23.7 Å². The molecule has 1 aromatic carbocycles. The second-order valence-corrected chi connectivity index (χ2v) is 6.39. The third-order valence-corrected chi connectivity index (χ3v) is 3.10. The molecule has 0 radical (unpaired) electrons. The van der Waals surface area contributed by atoms with E-state index in [1.54, 1.807) is 0 Å². The van der Waals surface area contributed by atoms with E-state index in [1.807, 2.05) is 24.3 Å². The minimum absolute atomic E-state index is 0.00680. The van der Waals surface area contributed by atoms with Crippen LogP contribution >= 0.6 is 23.1 Å². The van der Waals surface area contributed by atoms with Gasteiger partial charge in [0.2, 0.25) is 5.13 Å². The van der Waals surface area contributed by atoms with Gasteiger partial charge in [-0.3, -0.25) is 0 Å². The van der Waals surface area contributed by atoms with Crippen LogP contribution in [0.4, 0.5) is 5.13 Å². The molecule has 0 bridgehead atoms. The zero-order valence-electron chi connectivity index (χ0n) is 10.7. The molecule has 0 aliphatic rings. The van der Waals surface area contributed by atoms with E-state index in [-0.39, 0.29) is 5.54 Å². The highest BCUT2D eigenvalue weighted by molar-refractivity contribution is 7.09. The predicted octanol–water partition coefficient (Wildman–Crippen LogP) is 3.99. The number of anilines is 1. The third kappa shape index (κ3) is 3.96. The smallest absolute Gasteiger partial charge is 0.202 e. The molecule has 0 atom stereocenters. The zero-order chi connectivity index (χ0) is 13.2. The minimum atomic E-state index is 0.00680. The third-order valence-electron chi connectivity index (χ3n) is 2.20. The Kier molecular flexibility index (Phi) is 3.88. The van der Waals surface area contributed by atoms with Gasteiger partial charge in [0.15, 0.2) is 0 Å². The van der Waals surface area contributed by atoms with Crippen molar-refractivity contribution < 1.29 is 0 Å². The van der Waals surface area contributed by atoms with Gasteiger partial charge in [-0.05, 0) is 38.5 Å². The van der Waals surface area contributed by atoms with E-state index in [9.17, 15) is 0 Å². The van der Waals surface area contributed by atoms with Crippen molar-refractivity contribution in [3.05, 3.63) is 40.7 Å². The summed E-state index contributed by atoms with van der Waals surface area (Å²) < 4.78 is 4.35. The fraction of sp³-hybridized carbons (Fsp3) is 0.385. The van der Waals surface area contributed by atoms with Gasteiger partial charge in [-0.15, -0.1) is 0 Å². The molecule has 0 aliphatic heterocycles. The summed E-state index contributed by atoms with van der Waals surface area (Å²) in [6.45, 7) is 6.31. The SMILES string of the molecule is CC(C)(C)Nc1nc(Cc2cccc(Cl)c2)ns1. The molecule has 1 heterocycles. The Bertz CT molecular complexity index is 531. The standard InChI is InChI=1S/C13H16ClN3S/c1-13(2,3)16-12-15-11(17-18-12)8-9-5-4-6-10(14)7-9/h4-7H,8H2,1-3H3,(H,15,16,17). The second-order valence-electron chi connectivity index (χ2n) is 5.20. The molecule has 0 saturated heterocycles. The first-order chi connectivity index (χ1) is 8.42. The Hall–Kier alpha value is -1.13. The monoisotopic (exact) mass is 281 g/mol. The van der Waals surface area contributed by atoms with Crippen LogP contribution in [0.3, 0.4) is 0 Å². The van der Waals surface area contributed by atoms with Gasteiger partial charge >= 0.3 is 0 Å². The van der Waals surface area contributed by atoms with E-state index in [0.29, 0.717) is 6.42 Å². The lowest BCUT2D eigenvalue weighted by molar-refractivity contribution is 0.633. The first kappa shape index (κ1) is 13.3.